The van der Waals surface area contributed by atoms with E-state index < -0.39 is 0 Å². The van der Waals surface area contributed by atoms with Gasteiger partial charge in [0.2, 0.25) is 0 Å². The Balaban J connectivity index is 3.43. The Bertz CT molecular complexity index is 438. The van der Waals surface area contributed by atoms with Gasteiger partial charge in [0.15, 0.2) is 0 Å². The molecule has 0 unspecified atom stereocenters. The molecule has 0 aliphatic rings. The van der Waals surface area contributed by atoms with Crippen molar-refractivity contribution in [1.82, 2.24) is 4.98 Å². The lowest BCUT2D eigenvalue weighted by Crippen LogP contribution is -2.23. The molecular formula is C11H17N3O. The highest BCUT2D eigenvalue weighted by atomic mass is 16.1. The van der Waals surface area contributed by atoms with E-state index in [0.29, 0.717) is 5.56 Å². The maximum Gasteiger partial charge on any atom is 0.271 e. The van der Waals surface area contributed by atoms with Crippen molar-refractivity contribution in [3.8, 4) is 0 Å². The second-order valence-electron chi connectivity index (χ2n) is 4.52. The quantitative estimate of drug-likeness (QED) is 0.681. The van der Waals surface area contributed by atoms with Crippen molar-refractivity contribution in [3.63, 3.8) is 0 Å². The second-order valence-corrected chi connectivity index (χ2v) is 4.52. The number of rotatable bonds is 1. The lowest BCUT2D eigenvalue weighted by Gasteiger charge is -2.19. The summed E-state index contributed by atoms with van der Waals surface area (Å²) in [5.41, 5.74) is 7.03. The summed E-state index contributed by atoms with van der Waals surface area (Å²) in [6, 6.07) is 1.86. The molecule has 0 saturated carbocycles. The van der Waals surface area contributed by atoms with E-state index in [4.69, 9.17) is 5.73 Å². The van der Waals surface area contributed by atoms with E-state index in [2.05, 4.69) is 9.98 Å². The Morgan fingerprint density at radius 3 is 2.53 bits per heavy atom. The van der Waals surface area contributed by atoms with E-state index in [1.54, 1.807) is 13.3 Å². The zero-order valence-electron chi connectivity index (χ0n) is 9.59. The molecule has 1 rings (SSSR count). The molecule has 4 heteroatoms. The average molecular weight is 207 g/mol. The lowest BCUT2D eigenvalue weighted by molar-refractivity contribution is 0.567. The molecule has 0 saturated heterocycles. The first-order valence-electron chi connectivity index (χ1n) is 4.81. The van der Waals surface area contributed by atoms with Gasteiger partial charge < -0.3 is 10.7 Å². The van der Waals surface area contributed by atoms with Crippen LogP contribution in [0.25, 0.3) is 0 Å². The Hall–Kier alpha value is -1.58. The van der Waals surface area contributed by atoms with Gasteiger partial charge in [-0.1, -0.05) is 20.8 Å². The van der Waals surface area contributed by atoms with Crippen LogP contribution in [0.5, 0.6) is 0 Å². The highest BCUT2D eigenvalue weighted by Crippen LogP contribution is 2.20. The summed E-state index contributed by atoms with van der Waals surface area (Å²) in [4.78, 5) is 18.2. The Kier molecular flexibility index (Phi) is 2.98. The van der Waals surface area contributed by atoms with E-state index in [-0.39, 0.29) is 16.7 Å². The zero-order valence-corrected chi connectivity index (χ0v) is 9.59. The van der Waals surface area contributed by atoms with E-state index in [1.807, 2.05) is 26.8 Å². The van der Waals surface area contributed by atoms with Crippen molar-refractivity contribution in [1.29, 1.82) is 0 Å². The number of hydrogen-bond donors (Lipinski definition) is 2. The number of aromatic amines is 1. The number of aromatic nitrogens is 1. The van der Waals surface area contributed by atoms with Gasteiger partial charge >= 0.3 is 0 Å². The molecule has 0 aromatic carbocycles. The third-order valence-electron chi connectivity index (χ3n) is 2.18. The van der Waals surface area contributed by atoms with Gasteiger partial charge in [0.25, 0.3) is 5.56 Å². The Labute approximate surface area is 89.2 Å². The fraction of sp³-hybridized carbons (Fsp3) is 0.455. The van der Waals surface area contributed by atoms with E-state index >= 15 is 0 Å². The predicted molar refractivity (Wildman–Crippen MR) is 63.7 cm³/mol. The number of pyridine rings is 1. The van der Waals surface area contributed by atoms with Crippen LogP contribution in [0, 0.1) is 0 Å². The maximum atomic E-state index is 11.5. The van der Waals surface area contributed by atoms with Crippen LogP contribution in [0.4, 0.5) is 5.69 Å². The molecule has 0 radical (unpaired) electrons. The summed E-state index contributed by atoms with van der Waals surface area (Å²) in [6.45, 7) is 6.09. The largest absolute Gasteiger partial charge is 0.394 e. The fourth-order valence-corrected chi connectivity index (χ4v) is 1.24. The van der Waals surface area contributed by atoms with E-state index in [1.165, 1.54) is 0 Å². The summed E-state index contributed by atoms with van der Waals surface area (Å²) >= 11 is 0. The minimum absolute atomic E-state index is 0.108. The number of nitrogens with zero attached hydrogens (tertiary/aromatic N) is 1. The van der Waals surface area contributed by atoms with Crippen LogP contribution < -0.4 is 11.3 Å². The molecule has 0 spiro atoms. The molecule has 0 fully saturated rings. The molecule has 1 heterocycles. The summed E-state index contributed by atoms with van der Waals surface area (Å²) in [6.07, 6.45) is 1.60. The van der Waals surface area contributed by atoms with Crippen LogP contribution >= 0.6 is 0 Å². The summed E-state index contributed by atoms with van der Waals surface area (Å²) in [5, 5.41) is 0. The average Bonchev–Trinajstić information content (AvgIpc) is 2.11. The smallest absolute Gasteiger partial charge is 0.271 e. The van der Waals surface area contributed by atoms with Crippen molar-refractivity contribution in [2.75, 3.05) is 12.8 Å². The van der Waals surface area contributed by atoms with Crippen molar-refractivity contribution in [2.24, 2.45) is 4.99 Å². The first-order valence-corrected chi connectivity index (χ1v) is 4.81. The minimum Gasteiger partial charge on any atom is -0.394 e. The number of nitrogen functional groups attached to an aromatic ring is 1. The molecule has 1 aromatic heterocycles. The number of nitrogens with one attached hydrogen (secondary N) is 1. The van der Waals surface area contributed by atoms with Crippen molar-refractivity contribution < 1.29 is 0 Å². The van der Waals surface area contributed by atoms with Crippen molar-refractivity contribution in [3.05, 3.63) is 27.7 Å². The first kappa shape index (κ1) is 11.5. The van der Waals surface area contributed by atoms with Gasteiger partial charge in [0, 0.05) is 29.9 Å². The van der Waals surface area contributed by atoms with Crippen LogP contribution in [0.2, 0.25) is 0 Å². The zero-order chi connectivity index (χ0) is 11.6. The monoisotopic (exact) mass is 207 g/mol. The molecule has 0 aliphatic carbocycles. The number of anilines is 1. The van der Waals surface area contributed by atoms with Crippen LogP contribution in [0.3, 0.4) is 0 Å². The topological polar surface area (TPSA) is 71.2 Å². The third kappa shape index (κ3) is 2.46. The molecule has 3 N–H and O–H groups in total. The molecule has 0 amide bonds. The highest BCUT2D eigenvalue weighted by molar-refractivity contribution is 5.86. The van der Waals surface area contributed by atoms with Gasteiger partial charge in [0.05, 0.1) is 0 Å². The first-order chi connectivity index (χ1) is 6.86. The van der Waals surface area contributed by atoms with E-state index in [9.17, 15) is 4.79 Å². The third-order valence-corrected chi connectivity index (χ3v) is 2.18. The SMILES string of the molecule is CN=Cc1cc(C(C)(C)C)[nH]c(=O)c1N. The van der Waals surface area contributed by atoms with Gasteiger partial charge in [0.1, 0.15) is 5.69 Å². The molecule has 0 atom stereocenters. The number of aliphatic imine (C=N–C) groups is 1. The van der Waals surface area contributed by atoms with Gasteiger partial charge in [-0.05, 0) is 6.07 Å². The normalized spacial score (nSPS) is 12.3. The number of nitrogens with two attached hydrogens (primary N) is 1. The molecule has 0 bridgehead atoms. The van der Waals surface area contributed by atoms with Crippen LogP contribution in [-0.4, -0.2) is 18.2 Å². The minimum atomic E-state index is -0.252. The summed E-state index contributed by atoms with van der Waals surface area (Å²) < 4.78 is 0. The Morgan fingerprint density at radius 2 is 2.07 bits per heavy atom. The standard InChI is InChI=1S/C11H17N3O/c1-11(2,3)8-5-7(6-13-4)9(12)10(15)14-8/h5-6H,12H2,1-4H3,(H,14,15). The summed E-state index contributed by atoms with van der Waals surface area (Å²) in [7, 11) is 1.65. The fourth-order valence-electron chi connectivity index (χ4n) is 1.24. The van der Waals surface area contributed by atoms with Crippen molar-refractivity contribution >= 4 is 11.9 Å². The second kappa shape index (κ2) is 3.88. The summed E-state index contributed by atoms with van der Waals surface area (Å²) in [5.74, 6) is 0. The maximum absolute atomic E-state index is 11.5. The predicted octanol–water partition coefficient (Wildman–Crippen LogP) is 1.30. The molecular weight excluding hydrogens is 190 g/mol. The number of H-pyrrole nitrogens is 1. The molecule has 4 nitrogen and oxygen atoms in total. The van der Waals surface area contributed by atoms with Crippen LogP contribution in [-0.2, 0) is 5.41 Å². The van der Waals surface area contributed by atoms with Crippen LogP contribution in [0.1, 0.15) is 32.0 Å². The lowest BCUT2D eigenvalue weighted by atomic mass is 9.90. The molecule has 82 valence electrons. The van der Waals surface area contributed by atoms with Crippen molar-refractivity contribution in [2.45, 2.75) is 26.2 Å². The molecule has 1 aromatic rings. The Morgan fingerprint density at radius 1 is 1.47 bits per heavy atom. The van der Waals surface area contributed by atoms with Gasteiger partial charge in [-0.2, -0.15) is 0 Å². The van der Waals surface area contributed by atoms with Gasteiger partial charge in [-0.3, -0.25) is 9.79 Å². The van der Waals surface area contributed by atoms with Crippen LogP contribution in [0.15, 0.2) is 15.9 Å². The van der Waals surface area contributed by atoms with Gasteiger partial charge in [-0.15, -0.1) is 0 Å². The van der Waals surface area contributed by atoms with E-state index in [0.717, 1.165) is 5.69 Å². The molecule has 15 heavy (non-hydrogen) atoms. The number of hydrogen-bond acceptors (Lipinski definition) is 3. The van der Waals surface area contributed by atoms with Gasteiger partial charge in [-0.25, -0.2) is 0 Å². The molecule has 0 aliphatic heterocycles. The highest BCUT2D eigenvalue weighted by Gasteiger charge is 2.16.